The van der Waals surface area contributed by atoms with Gasteiger partial charge in [-0.2, -0.15) is 5.10 Å². The van der Waals surface area contributed by atoms with E-state index in [1.54, 1.807) is 23.1 Å². The first-order valence-electron chi connectivity index (χ1n) is 7.78. The maximum absolute atomic E-state index is 13.2. The number of benzene rings is 1. The van der Waals surface area contributed by atoms with Gasteiger partial charge in [-0.05, 0) is 31.5 Å². The predicted octanol–water partition coefficient (Wildman–Crippen LogP) is 3.01. The summed E-state index contributed by atoms with van der Waals surface area (Å²) in [6.07, 6.45) is 3.79. The van der Waals surface area contributed by atoms with Gasteiger partial charge in [0.2, 0.25) is 5.89 Å². The molecule has 0 aliphatic rings. The monoisotopic (exact) mass is 344 g/mol. The highest BCUT2D eigenvalue weighted by molar-refractivity contribution is 5.87. The first kappa shape index (κ1) is 16.7. The molecule has 0 spiro atoms. The van der Waals surface area contributed by atoms with Gasteiger partial charge in [-0.1, -0.05) is 18.1 Å². The molecule has 0 fully saturated rings. The molecule has 3 rings (SSSR count). The number of rotatable bonds is 7. The Morgan fingerprint density at radius 1 is 1.40 bits per heavy atom. The summed E-state index contributed by atoms with van der Waals surface area (Å²) in [6, 6.07) is 5.87. The number of hydrogen-bond acceptors (Lipinski definition) is 7. The van der Waals surface area contributed by atoms with E-state index in [-0.39, 0.29) is 30.2 Å². The van der Waals surface area contributed by atoms with E-state index in [1.165, 1.54) is 18.5 Å². The second kappa shape index (κ2) is 7.65. The van der Waals surface area contributed by atoms with E-state index in [4.69, 9.17) is 9.25 Å². The highest BCUT2D eigenvalue weighted by Gasteiger charge is 2.13. The van der Waals surface area contributed by atoms with Crippen LogP contribution in [-0.2, 0) is 11.4 Å². The molecule has 25 heavy (non-hydrogen) atoms. The van der Waals surface area contributed by atoms with Crippen LogP contribution in [0, 0.1) is 5.82 Å². The fourth-order valence-electron chi connectivity index (χ4n) is 2.23. The summed E-state index contributed by atoms with van der Waals surface area (Å²) in [5, 5.41) is 16.0. The van der Waals surface area contributed by atoms with Gasteiger partial charge < -0.3 is 9.25 Å². The molecule has 1 aromatic carbocycles. The van der Waals surface area contributed by atoms with Crippen molar-refractivity contribution in [1.29, 1.82) is 0 Å². The molecule has 0 N–H and O–H groups in total. The SMILES string of the molecule is CCC(=NOCc1nnc(-c2cccc(F)c2)o1)C(C)n1cncn1. The Kier molecular flexibility index (Phi) is 5.12. The van der Waals surface area contributed by atoms with Crippen molar-refractivity contribution >= 4 is 5.71 Å². The molecule has 0 aliphatic heterocycles. The van der Waals surface area contributed by atoms with Crippen molar-refractivity contribution in [2.45, 2.75) is 32.9 Å². The molecule has 0 bridgehead atoms. The Morgan fingerprint density at radius 3 is 3.00 bits per heavy atom. The molecular weight excluding hydrogens is 327 g/mol. The van der Waals surface area contributed by atoms with Gasteiger partial charge in [0.15, 0.2) is 6.61 Å². The molecule has 2 heterocycles. The van der Waals surface area contributed by atoms with E-state index < -0.39 is 0 Å². The minimum atomic E-state index is -0.368. The van der Waals surface area contributed by atoms with Crippen LogP contribution < -0.4 is 0 Å². The van der Waals surface area contributed by atoms with Gasteiger partial charge in [0.05, 0.1) is 11.8 Å². The summed E-state index contributed by atoms with van der Waals surface area (Å²) in [5.41, 5.74) is 1.31. The highest BCUT2D eigenvalue weighted by Crippen LogP contribution is 2.19. The third-order valence-corrected chi connectivity index (χ3v) is 3.59. The third-order valence-electron chi connectivity index (χ3n) is 3.59. The van der Waals surface area contributed by atoms with E-state index in [0.29, 0.717) is 12.0 Å². The van der Waals surface area contributed by atoms with Crippen molar-refractivity contribution in [2.24, 2.45) is 5.16 Å². The molecule has 2 aromatic heterocycles. The zero-order valence-electron chi connectivity index (χ0n) is 13.8. The normalized spacial score (nSPS) is 13.0. The second-order valence-electron chi connectivity index (χ2n) is 5.27. The van der Waals surface area contributed by atoms with E-state index in [0.717, 1.165) is 5.71 Å². The van der Waals surface area contributed by atoms with Crippen molar-refractivity contribution < 1.29 is 13.6 Å². The van der Waals surface area contributed by atoms with Gasteiger partial charge in [-0.15, -0.1) is 10.2 Å². The predicted molar refractivity (Wildman–Crippen MR) is 86.9 cm³/mol. The van der Waals surface area contributed by atoms with Gasteiger partial charge in [0.1, 0.15) is 18.5 Å². The van der Waals surface area contributed by atoms with Gasteiger partial charge in [-0.25, -0.2) is 14.1 Å². The average molecular weight is 344 g/mol. The van der Waals surface area contributed by atoms with Crippen molar-refractivity contribution in [3.8, 4) is 11.5 Å². The standard InChI is InChI=1S/C16H17FN6O2/c1-3-14(11(2)23-10-18-9-19-23)22-24-8-15-20-21-16(25-15)12-5-4-6-13(17)7-12/h4-7,9-11H,3,8H2,1-2H3. The van der Waals surface area contributed by atoms with Crippen molar-refractivity contribution in [1.82, 2.24) is 25.0 Å². The fraction of sp³-hybridized carbons (Fsp3) is 0.312. The number of hydrogen-bond donors (Lipinski definition) is 0. The number of nitrogens with zero attached hydrogens (tertiary/aromatic N) is 6. The second-order valence-corrected chi connectivity index (χ2v) is 5.27. The molecular formula is C16H17FN6O2. The molecule has 0 radical (unpaired) electrons. The summed E-state index contributed by atoms with van der Waals surface area (Å²) in [7, 11) is 0. The van der Waals surface area contributed by atoms with Gasteiger partial charge in [0.25, 0.3) is 5.89 Å². The maximum Gasteiger partial charge on any atom is 0.257 e. The molecule has 8 nitrogen and oxygen atoms in total. The molecule has 0 amide bonds. The Bertz CT molecular complexity index is 846. The molecule has 1 atom stereocenters. The van der Waals surface area contributed by atoms with Crippen LogP contribution >= 0.6 is 0 Å². The van der Waals surface area contributed by atoms with Crippen LogP contribution in [0.5, 0.6) is 0 Å². The van der Waals surface area contributed by atoms with Crippen molar-refractivity contribution in [3.63, 3.8) is 0 Å². The van der Waals surface area contributed by atoms with E-state index in [2.05, 4.69) is 25.4 Å². The molecule has 3 aromatic rings. The molecule has 9 heteroatoms. The minimum Gasteiger partial charge on any atom is -0.417 e. The molecule has 0 saturated heterocycles. The summed E-state index contributed by atoms with van der Waals surface area (Å²) in [6.45, 7) is 3.95. The Labute approximate surface area is 143 Å². The molecule has 0 aliphatic carbocycles. The first-order valence-corrected chi connectivity index (χ1v) is 7.78. The van der Waals surface area contributed by atoms with Crippen LogP contribution in [0.25, 0.3) is 11.5 Å². The first-order chi connectivity index (χ1) is 12.2. The summed E-state index contributed by atoms with van der Waals surface area (Å²) < 4.78 is 20.4. The number of halogens is 1. The minimum absolute atomic E-state index is 0.0237. The average Bonchev–Trinajstić information content (AvgIpc) is 3.30. The summed E-state index contributed by atoms with van der Waals surface area (Å²) >= 11 is 0. The smallest absolute Gasteiger partial charge is 0.257 e. The van der Waals surface area contributed by atoms with Crippen molar-refractivity contribution in [3.05, 3.63) is 48.6 Å². The van der Waals surface area contributed by atoms with Crippen molar-refractivity contribution in [2.75, 3.05) is 0 Å². The summed E-state index contributed by atoms with van der Waals surface area (Å²) in [5.74, 6) is 0.119. The lowest BCUT2D eigenvalue weighted by molar-refractivity contribution is 0.109. The van der Waals surface area contributed by atoms with Gasteiger partial charge >= 0.3 is 0 Å². The topological polar surface area (TPSA) is 91.2 Å². The third kappa shape index (κ3) is 4.06. The largest absolute Gasteiger partial charge is 0.417 e. The van der Waals surface area contributed by atoms with Crippen LogP contribution in [-0.4, -0.2) is 30.7 Å². The Morgan fingerprint density at radius 2 is 2.28 bits per heavy atom. The van der Waals surface area contributed by atoms with Gasteiger partial charge in [0, 0.05) is 5.56 Å². The van der Waals surface area contributed by atoms with E-state index >= 15 is 0 Å². The maximum atomic E-state index is 13.2. The number of aromatic nitrogens is 5. The number of oxime groups is 1. The molecule has 0 saturated carbocycles. The van der Waals surface area contributed by atoms with Gasteiger partial charge in [-0.3, -0.25) is 0 Å². The lowest BCUT2D eigenvalue weighted by atomic mass is 10.1. The quantitative estimate of drug-likeness (QED) is 0.483. The summed E-state index contributed by atoms with van der Waals surface area (Å²) in [4.78, 5) is 9.24. The molecule has 130 valence electrons. The fourth-order valence-corrected chi connectivity index (χ4v) is 2.23. The van der Waals surface area contributed by atoms with Crippen LogP contribution in [0.1, 0.15) is 32.2 Å². The molecule has 1 unspecified atom stereocenters. The van der Waals surface area contributed by atoms with Crippen LogP contribution in [0.3, 0.4) is 0 Å². The lowest BCUT2D eigenvalue weighted by Gasteiger charge is -2.12. The lowest BCUT2D eigenvalue weighted by Crippen LogP contribution is -2.16. The van der Waals surface area contributed by atoms with E-state index in [9.17, 15) is 4.39 Å². The van der Waals surface area contributed by atoms with Crippen LogP contribution in [0.15, 0.2) is 46.5 Å². The highest BCUT2D eigenvalue weighted by atomic mass is 19.1. The van der Waals surface area contributed by atoms with E-state index in [1.807, 2.05) is 13.8 Å². The Hall–Kier alpha value is -3.10. The van der Waals surface area contributed by atoms with Crippen LogP contribution in [0.2, 0.25) is 0 Å². The Balaban J connectivity index is 1.63. The van der Waals surface area contributed by atoms with Crippen LogP contribution in [0.4, 0.5) is 4.39 Å². The zero-order chi connectivity index (χ0) is 17.6. The zero-order valence-corrected chi connectivity index (χ0v) is 13.8.